The van der Waals surface area contributed by atoms with Gasteiger partial charge in [-0.15, -0.1) is 0 Å². The van der Waals surface area contributed by atoms with Crippen LogP contribution in [0.5, 0.6) is 0 Å². The molecule has 0 unspecified atom stereocenters. The molecule has 1 atom stereocenters. The SMILES string of the molecule is CN(c1ccnc(N[C@H](CNCC(N)=O)Cc2ccccc2)n1)c1ccnc(-c2ccccc2)n1. The first-order valence-corrected chi connectivity index (χ1v) is 11.3. The number of nitrogens with zero attached hydrogens (tertiary/aromatic N) is 5. The summed E-state index contributed by atoms with van der Waals surface area (Å²) < 4.78 is 0. The molecule has 0 fully saturated rings. The molecule has 4 rings (SSSR count). The topological polar surface area (TPSA) is 122 Å². The van der Waals surface area contributed by atoms with E-state index in [0.29, 0.717) is 30.0 Å². The van der Waals surface area contributed by atoms with E-state index < -0.39 is 5.91 Å². The Kier molecular flexibility index (Phi) is 7.92. The van der Waals surface area contributed by atoms with E-state index in [2.05, 4.69) is 32.7 Å². The zero-order chi connectivity index (χ0) is 24.5. The third kappa shape index (κ3) is 6.81. The highest BCUT2D eigenvalue weighted by atomic mass is 16.1. The fourth-order valence-corrected chi connectivity index (χ4v) is 3.61. The fraction of sp³-hybridized carbons (Fsp3) is 0.192. The Morgan fingerprint density at radius 3 is 2.29 bits per heavy atom. The minimum atomic E-state index is -0.400. The highest BCUT2D eigenvalue weighted by molar-refractivity contribution is 5.75. The van der Waals surface area contributed by atoms with Gasteiger partial charge in [0.15, 0.2) is 5.82 Å². The molecule has 2 aromatic carbocycles. The van der Waals surface area contributed by atoms with Gasteiger partial charge in [0, 0.05) is 37.6 Å². The lowest BCUT2D eigenvalue weighted by Crippen LogP contribution is -2.39. The Morgan fingerprint density at radius 2 is 1.57 bits per heavy atom. The van der Waals surface area contributed by atoms with Crippen molar-refractivity contribution >= 4 is 23.5 Å². The highest BCUT2D eigenvalue weighted by Crippen LogP contribution is 2.23. The van der Waals surface area contributed by atoms with Crippen molar-refractivity contribution in [1.82, 2.24) is 25.3 Å². The van der Waals surface area contributed by atoms with Crippen molar-refractivity contribution in [3.63, 3.8) is 0 Å². The van der Waals surface area contributed by atoms with Crippen molar-refractivity contribution in [2.75, 3.05) is 30.4 Å². The first-order valence-electron chi connectivity index (χ1n) is 11.3. The van der Waals surface area contributed by atoms with Crippen LogP contribution in [0.1, 0.15) is 5.56 Å². The maximum absolute atomic E-state index is 11.2. The molecule has 35 heavy (non-hydrogen) atoms. The van der Waals surface area contributed by atoms with Gasteiger partial charge in [-0.1, -0.05) is 60.7 Å². The van der Waals surface area contributed by atoms with Crippen LogP contribution in [-0.2, 0) is 11.2 Å². The standard InChI is InChI=1S/C26H28N8O/c1-34(23-12-14-29-25(32-23)20-10-6-3-7-11-20)24-13-15-30-26(33-24)31-21(17-28-18-22(27)35)16-19-8-4-2-5-9-19/h2-15,21,28H,16-18H2,1H3,(H2,27,35)(H,30,31,33)/t21-/m0/s1. The van der Waals surface area contributed by atoms with Crippen molar-refractivity contribution < 1.29 is 4.79 Å². The second-order valence-electron chi connectivity index (χ2n) is 8.03. The van der Waals surface area contributed by atoms with Gasteiger partial charge in [-0.3, -0.25) is 4.79 Å². The number of hydrogen-bond acceptors (Lipinski definition) is 8. The summed E-state index contributed by atoms with van der Waals surface area (Å²) in [4.78, 5) is 31.3. The van der Waals surface area contributed by atoms with Gasteiger partial charge < -0.3 is 21.3 Å². The quantitative estimate of drug-likeness (QED) is 0.307. The summed E-state index contributed by atoms with van der Waals surface area (Å²) >= 11 is 0. The number of hydrogen-bond donors (Lipinski definition) is 3. The number of benzene rings is 2. The van der Waals surface area contributed by atoms with Crippen molar-refractivity contribution in [3.05, 3.63) is 90.8 Å². The number of carbonyl (C=O) groups is 1. The van der Waals surface area contributed by atoms with Gasteiger partial charge in [-0.2, -0.15) is 4.98 Å². The van der Waals surface area contributed by atoms with Gasteiger partial charge in [0.05, 0.1) is 6.54 Å². The van der Waals surface area contributed by atoms with Gasteiger partial charge in [0.25, 0.3) is 0 Å². The molecule has 4 N–H and O–H groups in total. The predicted molar refractivity (Wildman–Crippen MR) is 137 cm³/mol. The zero-order valence-corrected chi connectivity index (χ0v) is 19.5. The van der Waals surface area contributed by atoms with Crippen LogP contribution in [0.25, 0.3) is 11.4 Å². The minimum absolute atomic E-state index is 0.0546. The van der Waals surface area contributed by atoms with Crippen molar-refractivity contribution in [2.24, 2.45) is 5.73 Å². The van der Waals surface area contributed by atoms with Gasteiger partial charge in [-0.25, -0.2) is 15.0 Å². The second-order valence-corrected chi connectivity index (χ2v) is 8.03. The molecule has 4 aromatic rings. The van der Waals surface area contributed by atoms with E-state index in [0.717, 1.165) is 17.5 Å². The summed E-state index contributed by atoms with van der Waals surface area (Å²) in [5.74, 6) is 2.12. The summed E-state index contributed by atoms with van der Waals surface area (Å²) in [5, 5.41) is 6.48. The average Bonchev–Trinajstić information content (AvgIpc) is 2.89. The van der Waals surface area contributed by atoms with Crippen molar-refractivity contribution in [1.29, 1.82) is 0 Å². The molecular formula is C26H28N8O. The lowest BCUT2D eigenvalue weighted by atomic mass is 10.1. The van der Waals surface area contributed by atoms with Crippen LogP contribution in [0, 0.1) is 0 Å². The molecule has 0 bridgehead atoms. The molecule has 9 nitrogen and oxygen atoms in total. The number of aromatic nitrogens is 4. The lowest BCUT2D eigenvalue weighted by Gasteiger charge is -2.21. The molecule has 0 spiro atoms. The smallest absolute Gasteiger partial charge is 0.231 e. The number of carbonyl (C=O) groups excluding carboxylic acids is 1. The highest BCUT2D eigenvalue weighted by Gasteiger charge is 2.14. The Morgan fingerprint density at radius 1 is 0.914 bits per heavy atom. The summed E-state index contributed by atoms with van der Waals surface area (Å²) in [7, 11) is 1.90. The number of rotatable bonds is 11. The van der Waals surface area contributed by atoms with Crippen LogP contribution >= 0.6 is 0 Å². The van der Waals surface area contributed by atoms with E-state index in [-0.39, 0.29) is 12.6 Å². The molecule has 0 radical (unpaired) electrons. The second kappa shape index (κ2) is 11.7. The Balaban J connectivity index is 1.51. The third-order valence-electron chi connectivity index (χ3n) is 5.35. The lowest BCUT2D eigenvalue weighted by molar-refractivity contribution is -0.117. The molecule has 0 aliphatic rings. The Hall–Kier alpha value is -4.37. The molecule has 0 aliphatic heterocycles. The van der Waals surface area contributed by atoms with Crippen LogP contribution in [0.2, 0.25) is 0 Å². The number of anilines is 3. The van der Waals surface area contributed by atoms with Crippen LogP contribution in [0.3, 0.4) is 0 Å². The van der Waals surface area contributed by atoms with E-state index in [1.54, 1.807) is 12.4 Å². The maximum Gasteiger partial charge on any atom is 0.231 e. The first kappa shape index (κ1) is 23.8. The Bertz CT molecular complexity index is 1240. The monoisotopic (exact) mass is 468 g/mol. The minimum Gasteiger partial charge on any atom is -0.369 e. The molecule has 0 aliphatic carbocycles. The molecule has 2 heterocycles. The van der Waals surface area contributed by atoms with Gasteiger partial charge in [0.1, 0.15) is 11.6 Å². The van der Waals surface area contributed by atoms with Crippen LogP contribution in [-0.4, -0.2) is 52.0 Å². The van der Waals surface area contributed by atoms with E-state index in [9.17, 15) is 4.79 Å². The van der Waals surface area contributed by atoms with Crippen molar-refractivity contribution in [3.8, 4) is 11.4 Å². The number of nitrogens with one attached hydrogen (secondary N) is 2. The van der Waals surface area contributed by atoms with E-state index >= 15 is 0 Å². The molecule has 0 saturated heterocycles. The summed E-state index contributed by atoms with van der Waals surface area (Å²) in [6.45, 7) is 0.627. The Labute approximate surface area is 204 Å². The number of amides is 1. The molecule has 178 valence electrons. The van der Waals surface area contributed by atoms with E-state index in [1.165, 1.54) is 0 Å². The average molecular weight is 469 g/mol. The molecule has 0 saturated carbocycles. The zero-order valence-electron chi connectivity index (χ0n) is 19.5. The predicted octanol–water partition coefficient (Wildman–Crippen LogP) is 2.80. The number of primary amides is 1. The van der Waals surface area contributed by atoms with Crippen molar-refractivity contribution in [2.45, 2.75) is 12.5 Å². The third-order valence-corrected chi connectivity index (χ3v) is 5.35. The maximum atomic E-state index is 11.2. The number of nitrogens with two attached hydrogens (primary N) is 1. The summed E-state index contributed by atoms with van der Waals surface area (Å²) in [6, 6.07) is 23.6. The summed E-state index contributed by atoms with van der Waals surface area (Å²) in [6.07, 6.45) is 4.17. The molecule has 9 heteroatoms. The summed E-state index contributed by atoms with van der Waals surface area (Å²) in [5.41, 5.74) is 7.38. The first-order chi connectivity index (χ1) is 17.1. The molecule has 2 aromatic heterocycles. The van der Waals surface area contributed by atoms with E-state index in [4.69, 9.17) is 15.7 Å². The van der Waals surface area contributed by atoms with E-state index in [1.807, 2.05) is 72.6 Å². The fourth-order valence-electron chi connectivity index (χ4n) is 3.61. The van der Waals surface area contributed by atoms with Gasteiger partial charge >= 0.3 is 0 Å². The van der Waals surface area contributed by atoms with Gasteiger partial charge in [0.2, 0.25) is 11.9 Å². The van der Waals surface area contributed by atoms with Gasteiger partial charge in [-0.05, 0) is 24.1 Å². The largest absolute Gasteiger partial charge is 0.369 e. The van der Waals surface area contributed by atoms with Crippen LogP contribution < -0.4 is 21.3 Å². The van der Waals surface area contributed by atoms with Crippen LogP contribution in [0.4, 0.5) is 17.6 Å². The molecule has 1 amide bonds. The molecular weight excluding hydrogens is 440 g/mol. The van der Waals surface area contributed by atoms with Crippen LogP contribution in [0.15, 0.2) is 85.2 Å². The normalized spacial score (nSPS) is 11.6.